The van der Waals surface area contributed by atoms with Crippen LogP contribution in [0.1, 0.15) is 11.1 Å². The van der Waals surface area contributed by atoms with Gasteiger partial charge in [0, 0.05) is 23.6 Å². The third kappa shape index (κ3) is 5.01. The predicted molar refractivity (Wildman–Crippen MR) is 151 cm³/mol. The Morgan fingerprint density at radius 2 is 1.71 bits per heavy atom. The van der Waals surface area contributed by atoms with Crippen molar-refractivity contribution in [3.05, 3.63) is 102 Å². The summed E-state index contributed by atoms with van der Waals surface area (Å²) in [6.45, 7) is 0. The quantitative estimate of drug-likeness (QED) is 0.163. The number of aromatic nitrogens is 2. The van der Waals surface area contributed by atoms with E-state index in [0.29, 0.717) is 16.2 Å². The fraction of sp³-hybridized carbons (Fsp3) is 0.0667. The number of hydrogen-bond donors (Lipinski definition) is 2. The van der Waals surface area contributed by atoms with E-state index in [1.165, 1.54) is 18.0 Å². The number of aromatic hydroxyl groups is 1. The molecule has 7 nitrogen and oxygen atoms in total. The maximum absolute atomic E-state index is 12.6. The Balaban J connectivity index is 1.38. The SMILES string of the molecule is Cn1c(O)c(/C=N/NC(=O)CSc2nc(-c3ccccc3)cc(-c3ccccc3)c2C#N)c2ccccc21. The Morgan fingerprint density at radius 3 is 2.42 bits per heavy atom. The van der Waals surface area contributed by atoms with E-state index in [0.717, 1.165) is 33.3 Å². The number of nitrogens with one attached hydrogen (secondary N) is 1. The van der Waals surface area contributed by atoms with Gasteiger partial charge >= 0.3 is 0 Å². The van der Waals surface area contributed by atoms with Crippen LogP contribution in [0.25, 0.3) is 33.3 Å². The number of nitrogens with zero attached hydrogens (tertiary/aromatic N) is 4. The van der Waals surface area contributed by atoms with Crippen LogP contribution in [0.5, 0.6) is 5.88 Å². The number of aryl methyl sites for hydroxylation is 1. The molecule has 0 saturated heterocycles. The lowest BCUT2D eigenvalue weighted by molar-refractivity contribution is -0.118. The van der Waals surface area contributed by atoms with Crippen molar-refractivity contribution in [3.8, 4) is 34.3 Å². The smallest absolute Gasteiger partial charge is 0.250 e. The van der Waals surface area contributed by atoms with Crippen LogP contribution in [-0.2, 0) is 11.8 Å². The molecule has 2 aromatic heterocycles. The molecule has 0 unspecified atom stereocenters. The molecule has 2 N–H and O–H groups in total. The topological polar surface area (TPSA) is 103 Å². The molecule has 186 valence electrons. The zero-order valence-corrected chi connectivity index (χ0v) is 21.3. The zero-order valence-electron chi connectivity index (χ0n) is 20.5. The molecular formula is C30H23N5O2S. The average molecular weight is 518 g/mol. The summed E-state index contributed by atoms with van der Waals surface area (Å²) >= 11 is 1.18. The van der Waals surface area contributed by atoms with Gasteiger partial charge in [-0.05, 0) is 17.7 Å². The Hall–Kier alpha value is -4.87. The minimum absolute atomic E-state index is 0.00696. The lowest BCUT2D eigenvalue weighted by Crippen LogP contribution is -2.19. The fourth-order valence-corrected chi connectivity index (χ4v) is 5.00. The Labute approximate surface area is 224 Å². The maximum atomic E-state index is 12.6. The highest BCUT2D eigenvalue weighted by Gasteiger charge is 2.17. The number of nitriles is 1. The molecule has 0 bridgehead atoms. The lowest BCUT2D eigenvalue weighted by Gasteiger charge is -2.12. The van der Waals surface area contributed by atoms with Crippen molar-refractivity contribution in [3.63, 3.8) is 0 Å². The van der Waals surface area contributed by atoms with Crippen molar-refractivity contribution < 1.29 is 9.90 Å². The first-order valence-electron chi connectivity index (χ1n) is 11.8. The largest absolute Gasteiger partial charge is 0.494 e. The minimum Gasteiger partial charge on any atom is -0.494 e. The van der Waals surface area contributed by atoms with Crippen LogP contribution in [0, 0.1) is 11.3 Å². The molecule has 5 aromatic rings. The van der Waals surface area contributed by atoms with Gasteiger partial charge in [-0.3, -0.25) is 4.79 Å². The number of benzene rings is 3. The molecule has 0 aliphatic rings. The van der Waals surface area contributed by atoms with Gasteiger partial charge < -0.3 is 9.67 Å². The predicted octanol–water partition coefficient (Wildman–Crippen LogP) is 5.73. The van der Waals surface area contributed by atoms with E-state index >= 15 is 0 Å². The van der Waals surface area contributed by atoms with Crippen molar-refractivity contribution in [2.45, 2.75) is 5.03 Å². The van der Waals surface area contributed by atoms with Crippen molar-refractivity contribution in [1.82, 2.24) is 15.0 Å². The normalized spacial score (nSPS) is 11.1. The second-order valence-corrected chi connectivity index (χ2v) is 9.44. The number of hydrazone groups is 1. The summed E-state index contributed by atoms with van der Waals surface area (Å²) in [7, 11) is 1.76. The molecule has 0 spiro atoms. The number of carbonyl (C=O) groups excluding carboxylic acids is 1. The number of rotatable bonds is 7. The third-order valence-electron chi connectivity index (χ3n) is 6.09. The van der Waals surface area contributed by atoms with E-state index in [4.69, 9.17) is 4.98 Å². The van der Waals surface area contributed by atoms with Crippen LogP contribution >= 0.6 is 11.8 Å². The summed E-state index contributed by atoms with van der Waals surface area (Å²) in [5.74, 6) is -0.289. The van der Waals surface area contributed by atoms with Gasteiger partial charge in [0.1, 0.15) is 11.1 Å². The van der Waals surface area contributed by atoms with Gasteiger partial charge in [-0.1, -0.05) is 90.6 Å². The van der Waals surface area contributed by atoms with Crippen LogP contribution in [-0.4, -0.2) is 32.5 Å². The number of pyridine rings is 1. The molecule has 8 heteroatoms. The van der Waals surface area contributed by atoms with Crippen molar-refractivity contribution in [2.24, 2.45) is 12.1 Å². The van der Waals surface area contributed by atoms with E-state index in [-0.39, 0.29) is 17.5 Å². The average Bonchev–Trinajstić information content (AvgIpc) is 3.21. The van der Waals surface area contributed by atoms with E-state index in [1.54, 1.807) is 11.6 Å². The van der Waals surface area contributed by atoms with E-state index in [1.807, 2.05) is 91.0 Å². The fourth-order valence-electron chi connectivity index (χ4n) is 4.21. The van der Waals surface area contributed by atoms with Crippen LogP contribution in [0.15, 0.2) is 101 Å². The monoisotopic (exact) mass is 517 g/mol. The summed E-state index contributed by atoms with van der Waals surface area (Å²) in [5.41, 5.74) is 7.60. The van der Waals surface area contributed by atoms with Crippen molar-refractivity contribution in [2.75, 3.05) is 5.75 Å². The highest BCUT2D eigenvalue weighted by atomic mass is 32.2. The second kappa shape index (κ2) is 11.0. The molecule has 38 heavy (non-hydrogen) atoms. The molecule has 0 saturated carbocycles. The molecule has 0 fully saturated rings. The Morgan fingerprint density at radius 1 is 1.05 bits per heavy atom. The van der Waals surface area contributed by atoms with Gasteiger partial charge in [0.05, 0.1) is 34.3 Å². The first-order valence-corrected chi connectivity index (χ1v) is 12.8. The van der Waals surface area contributed by atoms with E-state index < -0.39 is 0 Å². The van der Waals surface area contributed by atoms with Crippen LogP contribution in [0.4, 0.5) is 0 Å². The van der Waals surface area contributed by atoms with E-state index in [2.05, 4.69) is 16.6 Å². The number of thioether (sulfide) groups is 1. The maximum Gasteiger partial charge on any atom is 0.250 e. The first-order chi connectivity index (χ1) is 18.6. The molecule has 0 aliphatic carbocycles. The highest BCUT2D eigenvalue weighted by molar-refractivity contribution is 8.00. The number of carbonyl (C=O) groups is 1. The van der Waals surface area contributed by atoms with Gasteiger partial charge in [0.2, 0.25) is 11.8 Å². The van der Waals surface area contributed by atoms with E-state index in [9.17, 15) is 15.2 Å². The van der Waals surface area contributed by atoms with Crippen LogP contribution in [0.3, 0.4) is 0 Å². The summed E-state index contributed by atoms with van der Waals surface area (Å²) in [5, 5.41) is 25.8. The summed E-state index contributed by atoms with van der Waals surface area (Å²) in [6, 6.07) is 31.1. The van der Waals surface area contributed by atoms with Gasteiger partial charge in [0.15, 0.2) is 0 Å². The zero-order chi connectivity index (χ0) is 26.5. The highest BCUT2D eigenvalue weighted by Crippen LogP contribution is 2.34. The summed E-state index contributed by atoms with van der Waals surface area (Å²) < 4.78 is 1.66. The van der Waals surface area contributed by atoms with Crippen molar-refractivity contribution >= 4 is 34.8 Å². The number of para-hydroxylation sites is 1. The third-order valence-corrected chi connectivity index (χ3v) is 7.06. The summed E-state index contributed by atoms with van der Waals surface area (Å²) in [6.07, 6.45) is 1.43. The Kier molecular flexibility index (Phi) is 7.20. The molecule has 0 radical (unpaired) electrons. The molecule has 0 atom stereocenters. The second-order valence-electron chi connectivity index (χ2n) is 8.47. The van der Waals surface area contributed by atoms with Crippen LogP contribution in [0.2, 0.25) is 0 Å². The van der Waals surface area contributed by atoms with Gasteiger partial charge in [-0.15, -0.1) is 0 Å². The van der Waals surface area contributed by atoms with Gasteiger partial charge in [-0.2, -0.15) is 10.4 Å². The number of amides is 1. The van der Waals surface area contributed by atoms with Crippen LogP contribution < -0.4 is 5.43 Å². The molecule has 0 aliphatic heterocycles. The van der Waals surface area contributed by atoms with Gasteiger partial charge in [-0.25, -0.2) is 10.4 Å². The standard InChI is InChI=1S/C30H23N5O2S/c1-35-27-15-9-8-14-22(27)25(30(35)37)18-32-34-28(36)19-38-29-24(17-31)23(20-10-4-2-5-11-20)16-26(33-29)21-12-6-3-7-13-21/h2-16,18,37H,19H2,1H3,(H,34,36)/b32-18+. The first kappa shape index (κ1) is 24.8. The molecule has 2 heterocycles. The summed E-state index contributed by atoms with van der Waals surface area (Å²) in [4.78, 5) is 17.4. The molecule has 1 amide bonds. The number of hydrogen-bond acceptors (Lipinski definition) is 6. The minimum atomic E-state index is -0.358. The molecule has 3 aromatic carbocycles. The Bertz CT molecular complexity index is 1690. The van der Waals surface area contributed by atoms with Crippen molar-refractivity contribution in [1.29, 1.82) is 5.26 Å². The number of fused-ring (bicyclic) bond motifs is 1. The molecule has 5 rings (SSSR count). The molecular weight excluding hydrogens is 494 g/mol. The lowest BCUT2D eigenvalue weighted by atomic mass is 9.99. The van der Waals surface area contributed by atoms with Gasteiger partial charge in [0.25, 0.3) is 0 Å².